The zero-order valence-corrected chi connectivity index (χ0v) is 13.8. The van der Waals surface area contributed by atoms with Crippen molar-refractivity contribution < 1.29 is 9.47 Å². The smallest absolute Gasteiger partial charge is 0.120 e. The lowest BCUT2D eigenvalue weighted by atomic mass is 9.61. The van der Waals surface area contributed by atoms with Crippen LogP contribution in [0, 0.1) is 5.41 Å². The highest BCUT2D eigenvalue weighted by molar-refractivity contribution is 5.32. The van der Waals surface area contributed by atoms with Gasteiger partial charge < -0.3 is 14.8 Å². The standard InChI is InChI=1S/C18H29NO2/c1-5-12-20-14-8-10-15(11-9-14)21-17-13-16(19-7-3)18(17,4)6-2/h8-11,16-17,19H,5-7,12-13H2,1-4H3. The van der Waals surface area contributed by atoms with E-state index >= 15 is 0 Å². The maximum absolute atomic E-state index is 6.20. The summed E-state index contributed by atoms with van der Waals surface area (Å²) in [7, 11) is 0. The Morgan fingerprint density at radius 1 is 1.14 bits per heavy atom. The molecule has 3 atom stereocenters. The van der Waals surface area contributed by atoms with Crippen molar-refractivity contribution in [2.45, 2.75) is 59.1 Å². The Morgan fingerprint density at radius 3 is 2.38 bits per heavy atom. The first-order valence-electron chi connectivity index (χ1n) is 8.26. The van der Waals surface area contributed by atoms with Crippen molar-refractivity contribution in [1.82, 2.24) is 5.32 Å². The largest absolute Gasteiger partial charge is 0.494 e. The average molecular weight is 291 g/mol. The SMILES string of the molecule is CCCOc1ccc(OC2CC(NCC)C2(C)CC)cc1. The van der Waals surface area contributed by atoms with Crippen LogP contribution in [0.15, 0.2) is 24.3 Å². The molecule has 2 rings (SSSR count). The Balaban J connectivity index is 1.93. The minimum absolute atomic E-state index is 0.230. The van der Waals surface area contributed by atoms with Gasteiger partial charge in [-0.1, -0.05) is 27.7 Å². The third-order valence-electron chi connectivity index (χ3n) is 4.77. The Labute approximate surface area is 129 Å². The predicted octanol–water partition coefficient (Wildman–Crippen LogP) is 4.02. The highest BCUT2D eigenvalue weighted by atomic mass is 16.5. The van der Waals surface area contributed by atoms with Gasteiger partial charge in [0.15, 0.2) is 0 Å². The van der Waals surface area contributed by atoms with Crippen molar-refractivity contribution in [2.24, 2.45) is 5.41 Å². The van der Waals surface area contributed by atoms with E-state index in [0.717, 1.165) is 43.9 Å². The molecule has 3 unspecified atom stereocenters. The van der Waals surface area contributed by atoms with Crippen molar-refractivity contribution in [1.29, 1.82) is 0 Å². The van der Waals surface area contributed by atoms with E-state index in [0.29, 0.717) is 12.1 Å². The summed E-state index contributed by atoms with van der Waals surface area (Å²) in [5, 5.41) is 3.57. The second-order valence-corrected chi connectivity index (χ2v) is 6.13. The highest BCUT2D eigenvalue weighted by Gasteiger charge is 2.51. The summed E-state index contributed by atoms with van der Waals surface area (Å²) in [6.07, 6.45) is 3.55. The number of benzene rings is 1. The van der Waals surface area contributed by atoms with Gasteiger partial charge in [0.1, 0.15) is 17.6 Å². The normalized spacial score (nSPS) is 28.0. The summed E-state index contributed by atoms with van der Waals surface area (Å²) >= 11 is 0. The molecule has 0 bridgehead atoms. The fourth-order valence-electron chi connectivity index (χ4n) is 3.03. The molecule has 21 heavy (non-hydrogen) atoms. The molecule has 1 saturated carbocycles. The second kappa shape index (κ2) is 7.17. The van der Waals surface area contributed by atoms with Gasteiger partial charge in [-0.05, 0) is 43.7 Å². The molecule has 118 valence electrons. The number of rotatable bonds is 8. The van der Waals surface area contributed by atoms with E-state index in [2.05, 4.69) is 33.0 Å². The van der Waals surface area contributed by atoms with Gasteiger partial charge in [0.2, 0.25) is 0 Å². The summed E-state index contributed by atoms with van der Waals surface area (Å²) in [5.74, 6) is 1.86. The topological polar surface area (TPSA) is 30.5 Å². The van der Waals surface area contributed by atoms with Crippen LogP contribution < -0.4 is 14.8 Å². The fourth-order valence-corrected chi connectivity index (χ4v) is 3.03. The van der Waals surface area contributed by atoms with Gasteiger partial charge >= 0.3 is 0 Å². The number of hydrogen-bond donors (Lipinski definition) is 1. The zero-order chi connectivity index (χ0) is 15.3. The van der Waals surface area contributed by atoms with E-state index in [1.807, 2.05) is 24.3 Å². The van der Waals surface area contributed by atoms with Gasteiger partial charge in [0.25, 0.3) is 0 Å². The van der Waals surface area contributed by atoms with E-state index < -0.39 is 0 Å². The number of ether oxygens (including phenoxy) is 2. The monoisotopic (exact) mass is 291 g/mol. The fraction of sp³-hybridized carbons (Fsp3) is 0.667. The molecule has 1 N–H and O–H groups in total. The van der Waals surface area contributed by atoms with E-state index in [1.54, 1.807) is 0 Å². The first kappa shape index (κ1) is 16.2. The molecule has 1 fully saturated rings. The molecule has 0 heterocycles. The molecule has 0 aromatic heterocycles. The third kappa shape index (κ3) is 3.52. The minimum atomic E-state index is 0.230. The van der Waals surface area contributed by atoms with Gasteiger partial charge in [0.05, 0.1) is 6.61 Å². The van der Waals surface area contributed by atoms with Gasteiger partial charge in [-0.25, -0.2) is 0 Å². The van der Waals surface area contributed by atoms with E-state index in [-0.39, 0.29) is 5.41 Å². The van der Waals surface area contributed by atoms with Crippen LogP contribution >= 0.6 is 0 Å². The summed E-state index contributed by atoms with van der Waals surface area (Å²) < 4.78 is 11.8. The van der Waals surface area contributed by atoms with Crippen LogP contribution in [0.4, 0.5) is 0 Å². The first-order valence-corrected chi connectivity index (χ1v) is 8.26. The molecule has 3 heteroatoms. The van der Waals surface area contributed by atoms with Crippen molar-refractivity contribution in [2.75, 3.05) is 13.2 Å². The van der Waals surface area contributed by atoms with Gasteiger partial charge in [-0.3, -0.25) is 0 Å². The maximum Gasteiger partial charge on any atom is 0.120 e. The average Bonchev–Trinajstić information content (AvgIpc) is 2.52. The van der Waals surface area contributed by atoms with Crippen molar-refractivity contribution in [3.05, 3.63) is 24.3 Å². The third-order valence-corrected chi connectivity index (χ3v) is 4.77. The quantitative estimate of drug-likeness (QED) is 0.784. The Morgan fingerprint density at radius 2 is 1.81 bits per heavy atom. The first-order chi connectivity index (χ1) is 10.1. The lowest BCUT2D eigenvalue weighted by molar-refractivity contribution is -0.0697. The zero-order valence-electron chi connectivity index (χ0n) is 13.8. The lowest BCUT2D eigenvalue weighted by Gasteiger charge is -2.53. The van der Waals surface area contributed by atoms with Crippen LogP contribution in [0.25, 0.3) is 0 Å². The molecule has 0 amide bonds. The van der Waals surface area contributed by atoms with Crippen LogP contribution in [0.3, 0.4) is 0 Å². The second-order valence-electron chi connectivity index (χ2n) is 6.13. The Hall–Kier alpha value is -1.22. The van der Waals surface area contributed by atoms with Crippen molar-refractivity contribution in [3.63, 3.8) is 0 Å². The molecule has 0 aliphatic heterocycles. The molecule has 1 aliphatic rings. The van der Waals surface area contributed by atoms with E-state index in [4.69, 9.17) is 9.47 Å². The molecular weight excluding hydrogens is 262 g/mol. The van der Waals surface area contributed by atoms with E-state index in [9.17, 15) is 0 Å². The number of hydrogen-bond acceptors (Lipinski definition) is 3. The molecule has 3 nitrogen and oxygen atoms in total. The Kier molecular flexibility index (Phi) is 5.51. The van der Waals surface area contributed by atoms with Crippen LogP contribution in [0.2, 0.25) is 0 Å². The highest BCUT2D eigenvalue weighted by Crippen LogP contribution is 2.46. The lowest BCUT2D eigenvalue weighted by Crippen LogP contribution is -2.63. The summed E-state index contributed by atoms with van der Waals surface area (Å²) in [6, 6.07) is 8.59. The summed E-state index contributed by atoms with van der Waals surface area (Å²) in [4.78, 5) is 0. The van der Waals surface area contributed by atoms with Crippen LogP contribution in [0.5, 0.6) is 11.5 Å². The van der Waals surface area contributed by atoms with Crippen LogP contribution in [-0.2, 0) is 0 Å². The van der Waals surface area contributed by atoms with E-state index in [1.165, 1.54) is 0 Å². The maximum atomic E-state index is 6.20. The minimum Gasteiger partial charge on any atom is -0.494 e. The predicted molar refractivity (Wildman–Crippen MR) is 87.1 cm³/mol. The summed E-state index contributed by atoms with van der Waals surface area (Å²) in [6.45, 7) is 10.6. The molecule has 0 saturated heterocycles. The van der Waals surface area contributed by atoms with Crippen molar-refractivity contribution in [3.8, 4) is 11.5 Å². The Bertz CT molecular complexity index is 431. The molecule has 0 radical (unpaired) electrons. The number of nitrogens with one attached hydrogen (secondary N) is 1. The molecule has 1 aromatic carbocycles. The molecule has 1 aromatic rings. The summed E-state index contributed by atoms with van der Waals surface area (Å²) in [5.41, 5.74) is 0.230. The van der Waals surface area contributed by atoms with Crippen LogP contribution in [-0.4, -0.2) is 25.3 Å². The molecule has 1 aliphatic carbocycles. The van der Waals surface area contributed by atoms with Gasteiger partial charge in [0, 0.05) is 17.9 Å². The van der Waals surface area contributed by atoms with Crippen molar-refractivity contribution >= 4 is 0 Å². The molecular formula is C18H29NO2. The van der Waals surface area contributed by atoms with Gasteiger partial charge in [-0.15, -0.1) is 0 Å². The van der Waals surface area contributed by atoms with Gasteiger partial charge in [-0.2, -0.15) is 0 Å². The van der Waals surface area contributed by atoms with Crippen LogP contribution in [0.1, 0.15) is 47.0 Å². The molecule has 0 spiro atoms.